The van der Waals surface area contributed by atoms with Gasteiger partial charge in [0, 0.05) is 6.61 Å². The molecule has 0 amide bonds. The summed E-state index contributed by atoms with van der Waals surface area (Å²) in [5, 5.41) is 0. The minimum atomic E-state index is -0.498. The van der Waals surface area contributed by atoms with E-state index in [1.165, 1.54) is 0 Å². The number of hydrogen-bond acceptors (Lipinski definition) is 5. The predicted molar refractivity (Wildman–Crippen MR) is 49.9 cm³/mol. The largest absolute Gasteiger partial charge is 0.480 e. The van der Waals surface area contributed by atoms with Crippen LogP contribution in [0, 0.1) is 0 Å². The SMILES string of the molecule is COc1cncc(C2(N)CCOC2)n1. The second kappa shape index (κ2) is 3.51. The Morgan fingerprint density at radius 1 is 1.57 bits per heavy atom. The van der Waals surface area contributed by atoms with E-state index in [2.05, 4.69) is 9.97 Å². The maximum Gasteiger partial charge on any atom is 0.232 e. The van der Waals surface area contributed by atoms with Crippen LogP contribution in [0.5, 0.6) is 5.88 Å². The zero-order chi connectivity index (χ0) is 10.0. The highest BCUT2D eigenvalue weighted by atomic mass is 16.5. The van der Waals surface area contributed by atoms with Crippen molar-refractivity contribution in [2.24, 2.45) is 5.73 Å². The molecule has 1 fully saturated rings. The summed E-state index contributed by atoms with van der Waals surface area (Å²) in [6.07, 6.45) is 3.99. The second-order valence-electron chi connectivity index (χ2n) is 3.41. The van der Waals surface area contributed by atoms with E-state index in [9.17, 15) is 0 Å². The van der Waals surface area contributed by atoms with E-state index < -0.39 is 5.54 Å². The van der Waals surface area contributed by atoms with E-state index in [0.717, 1.165) is 12.1 Å². The van der Waals surface area contributed by atoms with Crippen LogP contribution in [0.4, 0.5) is 0 Å². The fourth-order valence-corrected chi connectivity index (χ4v) is 1.47. The van der Waals surface area contributed by atoms with Crippen LogP contribution in [0.2, 0.25) is 0 Å². The average molecular weight is 195 g/mol. The summed E-state index contributed by atoms with van der Waals surface area (Å²) in [5.41, 5.74) is 6.35. The molecule has 1 atom stereocenters. The van der Waals surface area contributed by atoms with Crippen LogP contribution in [-0.4, -0.2) is 30.3 Å². The molecule has 2 rings (SSSR count). The molecule has 76 valence electrons. The van der Waals surface area contributed by atoms with E-state index in [4.69, 9.17) is 15.2 Å². The molecule has 1 aliphatic heterocycles. The molecule has 0 aliphatic carbocycles. The summed E-state index contributed by atoms with van der Waals surface area (Å²) in [7, 11) is 1.56. The molecule has 0 radical (unpaired) electrons. The van der Waals surface area contributed by atoms with Crippen molar-refractivity contribution in [2.75, 3.05) is 20.3 Å². The summed E-state index contributed by atoms with van der Waals surface area (Å²) in [6.45, 7) is 1.17. The van der Waals surface area contributed by atoms with Crippen molar-refractivity contribution in [1.29, 1.82) is 0 Å². The number of methoxy groups -OCH3 is 1. The van der Waals surface area contributed by atoms with Gasteiger partial charge in [0.25, 0.3) is 0 Å². The second-order valence-corrected chi connectivity index (χ2v) is 3.41. The Morgan fingerprint density at radius 3 is 3.07 bits per heavy atom. The first-order valence-electron chi connectivity index (χ1n) is 4.48. The highest BCUT2D eigenvalue weighted by Gasteiger charge is 2.34. The maximum atomic E-state index is 6.12. The van der Waals surface area contributed by atoms with Crippen LogP contribution < -0.4 is 10.5 Å². The van der Waals surface area contributed by atoms with E-state index in [1.807, 2.05) is 0 Å². The third kappa shape index (κ3) is 1.56. The number of ether oxygens (including phenoxy) is 2. The molecule has 0 aromatic carbocycles. The summed E-state index contributed by atoms with van der Waals surface area (Å²) >= 11 is 0. The van der Waals surface area contributed by atoms with Gasteiger partial charge < -0.3 is 15.2 Å². The molecule has 0 saturated carbocycles. The van der Waals surface area contributed by atoms with Crippen molar-refractivity contribution in [2.45, 2.75) is 12.0 Å². The molecule has 1 aliphatic rings. The minimum absolute atomic E-state index is 0.485. The topological polar surface area (TPSA) is 70.3 Å². The monoisotopic (exact) mass is 195 g/mol. The fraction of sp³-hybridized carbons (Fsp3) is 0.556. The van der Waals surface area contributed by atoms with Gasteiger partial charge in [0.05, 0.1) is 37.3 Å². The standard InChI is InChI=1S/C9H13N3O2/c1-13-8-5-11-4-7(12-8)9(10)2-3-14-6-9/h4-5H,2-3,6,10H2,1H3. The Morgan fingerprint density at radius 2 is 2.43 bits per heavy atom. The molecule has 1 aromatic rings. The van der Waals surface area contributed by atoms with Crippen LogP contribution in [-0.2, 0) is 10.3 Å². The summed E-state index contributed by atoms with van der Waals surface area (Å²) in [6, 6.07) is 0. The number of aromatic nitrogens is 2. The van der Waals surface area contributed by atoms with E-state index in [0.29, 0.717) is 19.1 Å². The molecular weight excluding hydrogens is 182 g/mol. The lowest BCUT2D eigenvalue weighted by Gasteiger charge is -2.20. The lowest BCUT2D eigenvalue weighted by Crippen LogP contribution is -2.38. The van der Waals surface area contributed by atoms with Gasteiger partial charge in [-0.2, -0.15) is 0 Å². The summed E-state index contributed by atoms with van der Waals surface area (Å²) in [4.78, 5) is 8.28. The Labute approximate surface area is 82.3 Å². The van der Waals surface area contributed by atoms with Crippen molar-refractivity contribution < 1.29 is 9.47 Å². The van der Waals surface area contributed by atoms with Crippen LogP contribution in [0.25, 0.3) is 0 Å². The first-order valence-corrected chi connectivity index (χ1v) is 4.48. The average Bonchev–Trinajstić information content (AvgIpc) is 2.67. The molecular formula is C9H13N3O2. The Kier molecular flexibility index (Phi) is 2.35. The van der Waals surface area contributed by atoms with Gasteiger partial charge in [0.1, 0.15) is 0 Å². The predicted octanol–water partition coefficient (Wildman–Crippen LogP) is 0.0595. The highest BCUT2D eigenvalue weighted by molar-refractivity contribution is 5.17. The van der Waals surface area contributed by atoms with E-state index in [1.54, 1.807) is 19.5 Å². The molecule has 2 N–H and O–H groups in total. The molecule has 1 saturated heterocycles. The van der Waals surface area contributed by atoms with E-state index >= 15 is 0 Å². The van der Waals surface area contributed by atoms with E-state index in [-0.39, 0.29) is 0 Å². The zero-order valence-electron chi connectivity index (χ0n) is 8.06. The van der Waals surface area contributed by atoms with Gasteiger partial charge in [0.2, 0.25) is 5.88 Å². The van der Waals surface area contributed by atoms with Crippen LogP contribution in [0.15, 0.2) is 12.4 Å². The molecule has 0 spiro atoms. The molecule has 5 heteroatoms. The lowest BCUT2D eigenvalue weighted by molar-refractivity contribution is 0.177. The van der Waals surface area contributed by atoms with Crippen LogP contribution in [0.1, 0.15) is 12.1 Å². The van der Waals surface area contributed by atoms with Gasteiger partial charge in [-0.05, 0) is 6.42 Å². The quantitative estimate of drug-likeness (QED) is 0.722. The Hall–Kier alpha value is -1.20. The molecule has 2 heterocycles. The van der Waals surface area contributed by atoms with Crippen molar-refractivity contribution >= 4 is 0 Å². The fourth-order valence-electron chi connectivity index (χ4n) is 1.47. The molecule has 14 heavy (non-hydrogen) atoms. The maximum absolute atomic E-state index is 6.12. The third-order valence-corrected chi connectivity index (χ3v) is 2.38. The van der Waals surface area contributed by atoms with Crippen molar-refractivity contribution in [3.05, 3.63) is 18.1 Å². The number of hydrogen-bond donors (Lipinski definition) is 1. The number of rotatable bonds is 2. The molecule has 1 unspecified atom stereocenters. The van der Waals surface area contributed by atoms with Gasteiger partial charge in [-0.1, -0.05) is 0 Å². The van der Waals surface area contributed by atoms with Gasteiger partial charge in [-0.25, -0.2) is 4.98 Å². The van der Waals surface area contributed by atoms with Crippen molar-refractivity contribution in [1.82, 2.24) is 9.97 Å². The van der Waals surface area contributed by atoms with Crippen LogP contribution in [0.3, 0.4) is 0 Å². The van der Waals surface area contributed by atoms with Gasteiger partial charge in [-0.15, -0.1) is 0 Å². The number of nitrogens with zero attached hydrogens (tertiary/aromatic N) is 2. The van der Waals surface area contributed by atoms with Gasteiger partial charge in [0.15, 0.2) is 0 Å². The Balaban J connectivity index is 2.30. The lowest BCUT2D eigenvalue weighted by atomic mass is 9.96. The Bertz CT molecular complexity index is 324. The van der Waals surface area contributed by atoms with Gasteiger partial charge >= 0.3 is 0 Å². The van der Waals surface area contributed by atoms with Crippen molar-refractivity contribution in [3.63, 3.8) is 0 Å². The molecule has 1 aromatic heterocycles. The number of nitrogens with two attached hydrogens (primary N) is 1. The smallest absolute Gasteiger partial charge is 0.232 e. The highest BCUT2D eigenvalue weighted by Crippen LogP contribution is 2.26. The van der Waals surface area contributed by atoms with Gasteiger partial charge in [-0.3, -0.25) is 4.98 Å². The summed E-state index contributed by atoms with van der Waals surface area (Å²) < 4.78 is 10.2. The normalized spacial score (nSPS) is 26.4. The molecule has 5 nitrogen and oxygen atoms in total. The zero-order valence-corrected chi connectivity index (χ0v) is 8.06. The first kappa shape index (κ1) is 9.36. The summed E-state index contributed by atoms with van der Waals surface area (Å²) in [5.74, 6) is 0.485. The minimum Gasteiger partial charge on any atom is -0.480 e. The van der Waals surface area contributed by atoms with Crippen molar-refractivity contribution in [3.8, 4) is 5.88 Å². The molecule has 0 bridgehead atoms. The van der Waals surface area contributed by atoms with Crippen LogP contribution >= 0.6 is 0 Å². The third-order valence-electron chi connectivity index (χ3n) is 2.38. The first-order chi connectivity index (χ1) is 6.74.